The summed E-state index contributed by atoms with van der Waals surface area (Å²) in [6.07, 6.45) is 5.06. The molecule has 0 saturated carbocycles. The van der Waals surface area contributed by atoms with Crippen LogP contribution in [0, 0.1) is 0 Å². The smallest absolute Gasteiger partial charge is 0.191 e. The van der Waals surface area contributed by atoms with Gasteiger partial charge in [-0.25, -0.2) is 4.99 Å². The first-order chi connectivity index (χ1) is 9.79. The average molecular weight is 403 g/mol. The summed E-state index contributed by atoms with van der Waals surface area (Å²) in [5.41, 5.74) is 8.47. The van der Waals surface area contributed by atoms with Gasteiger partial charge in [-0.15, -0.1) is 24.0 Å². The molecule has 1 aliphatic heterocycles. The normalized spacial score (nSPS) is 16.2. The number of nitrogens with two attached hydrogens (primary N) is 1. The minimum Gasteiger partial charge on any atom is -0.380 e. The minimum atomic E-state index is 0. The minimum absolute atomic E-state index is 0. The number of guanidine groups is 1. The zero-order valence-electron chi connectivity index (χ0n) is 12.8. The highest BCUT2D eigenvalue weighted by Gasteiger charge is 2.10. The third kappa shape index (κ3) is 6.22. The highest BCUT2D eigenvalue weighted by atomic mass is 127. The van der Waals surface area contributed by atoms with Crippen LogP contribution in [0.15, 0.2) is 29.3 Å². The second-order valence-corrected chi connectivity index (χ2v) is 5.33. The zero-order chi connectivity index (χ0) is 14.2. The molecule has 0 aromatic heterocycles. The van der Waals surface area contributed by atoms with E-state index in [-0.39, 0.29) is 24.0 Å². The molecule has 0 spiro atoms. The van der Waals surface area contributed by atoms with E-state index in [9.17, 15) is 0 Å². The van der Waals surface area contributed by atoms with Crippen LogP contribution < -0.4 is 5.73 Å². The van der Waals surface area contributed by atoms with Crippen molar-refractivity contribution in [2.75, 3.05) is 20.2 Å². The highest BCUT2D eigenvalue weighted by molar-refractivity contribution is 14.0. The number of hydrogen-bond acceptors (Lipinski definition) is 2. The summed E-state index contributed by atoms with van der Waals surface area (Å²) >= 11 is 0. The van der Waals surface area contributed by atoms with E-state index in [0.717, 1.165) is 13.1 Å². The maximum Gasteiger partial charge on any atom is 0.191 e. The largest absolute Gasteiger partial charge is 0.380 e. The summed E-state index contributed by atoms with van der Waals surface area (Å²) in [6, 6.07) is 8.32. The molecule has 1 aromatic rings. The van der Waals surface area contributed by atoms with Gasteiger partial charge >= 0.3 is 0 Å². The Labute approximate surface area is 144 Å². The van der Waals surface area contributed by atoms with Crippen molar-refractivity contribution in [1.82, 2.24) is 4.90 Å². The molecule has 0 aliphatic carbocycles. The number of rotatable bonds is 4. The van der Waals surface area contributed by atoms with Crippen molar-refractivity contribution in [2.24, 2.45) is 10.7 Å². The number of likely N-dealkylation sites (tertiary alicyclic amines) is 1. The van der Waals surface area contributed by atoms with Crippen molar-refractivity contribution in [1.29, 1.82) is 0 Å². The fraction of sp³-hybridized carbons (Fsp3) is 0.562. The quantitative estimate of drug-likeness (QED) is 0.478. The van der Waals surface area contributed by atoms with Gasteiger partial charge in [0.1, 0.15) is 0 Å². The molecule has 0 radical (unpaired) electrons. The van der Waals surface area contributed by atoms with Crippen LogP contribution in [-0.4, -0.2) is 31.1 Å². The Morgan fingerprint density at radius 2 is 1.86 bits per heavy atom. The maximum absolute atomic E-state index is 6.11. The topological polar surface area (TPSA) is 50.9 Å². The van der Waals surface area contributed by atoms with Gasteiger partial charge in [-0.05, 0) is 24.0 Å². The van der Waals surface area contributed by atoms with Gasteiger partial charge in [0, 0.05) is 20.2 Å². The van der Waals surface area contributed by atoms with E-state index in [4.69, 9.17) is 10.5 Å². The van der Waals surface area contributed by atoms with Crippen LogP contribution in [0.3, 0.4) is 0 Å². The van der Waals surface area contributed by atoms with Crippen molar-refractivity contribution in [2.45, 2.75) is 38.8 Å². The lowest BCUT2D eigenvalue weighted by molar-refractivity contribution is 0.185. The van der Waals surface area contributed by atoms with Crippen LogP contribution in [0.5, 0.6) is 0 Å². The van der Waals surface area contributed by atoms with E-state index >= 15 is 0 Å². The summed E-state index contributed by atoms with van der Waals surface area (Å²) in [5.74, 6) is 0.684. The predicted octanol–water partition coefficient (Wildman–Crippen LogP) is 3.14. The van der Waals surface area contributed by atoms with Crippen LogP contribution in [-0.2, 0) is 17.9 Å². The van der Waals surface area contributed by atoms with E-state index in [0.29, 0.717) is 19.1 Å². The van der Waals surface area contributed by atoms with Gasteiger partial charge in [-0.2, -0.15) is 0 Å². The van der Waals surface area contributed by atoms with E-state index in [1.165, 1.54) is 36.8 Å². The molecule has 2 N–H and O–H groups in total. The van der Waals surface area contributed by atoms with E-state index < -0.39 is 0 Å². The summed E-state index contributed by atoms with van der Waals surface area (Å²) in [5, 5.41) is 0. The maximum atomic E-state index is 6.11. The van der Waals surface area contributed by atoms with E-state index in [1.807, 2.05) is 6.07 Å². The number of nitrogens with zero attached hydrogens (tertiary/aromatic N) is 2. The summed E-state index contributed by atoms with van der Waals surface area (Å²) in [7, 11) is 1.71. The van der Waals surface area contributed by atoms with Crippen molar-refractivity contribution >= 4 is 29.9 Å². The molecule has 118 valence electrons. The Hall–Kier alpha value is -0.820. The summed E-state index contributed by atoms with van der Waals surface area (Å²) < 4.78 is 5.15. The molecule has 1 fully saturated rings. The number of halogens is 1. The number of hydrogen-bond donors (Lipinski definition) is 1. The fourth-order valence-corrected chi connectivity index (χ4v) is 2.56. The lowest BCUT2D eigenvalue weighted by atomic mass is 10.1. The van der Waals surface area contributed by atoms with Crippen molar-refractivity contribution in [3.8, 4) is 0 Å². The average Bonchev–Trinajstić information content (AvgIpc) is 2.75. The third-order valence-corrected chi connectivity index (χ3v) is 3.66. The number of benzene rings is 1. The molecule has 21 heavy (non-hydrogen) atoms. The number of methoxy groups -OCH3 is 1. The lowest BCUT2D eigenvalue weighted by Crippen LogP contribution is -2.38. The van der Waals surface area contributed by atoms with Crippen LogP contribution in [0.2, 0.25) is 0 Å². The van der Waals surface area contributed by atoms with Crippen LogP contribution in [0.4, 0.5) is 0 Å². The molecule has 4 nitrogen and oxygen atoms in total. The Balaban J connectivity index is 0.00000220. The molecule has 1 aliphatic rings. The third-order valence-electron chi connectivity index (χ3n) is 3.66. The summed E-state index contributed by atoms with van der Waals surface area (Å²) in [4.78, 5) is 6.75. The molecule has 0 unspecified atom stereocenters. The molecule has 0 amide bonds. The van der Waals surface area contributed by atoms with Gasteiger partial charge in [0.15, 0.2) is 5.96 Å². The molecule has 5 heteroatoms. The zero-order valence-corrected chi connectivity index (χ0v) is 15.1. The molecule has 2 rings (SSSR count). The number of aliphatic imine (C=N–C) groups is 1. The molecular formula is C16H26IN3O. The molecular weight excluding hydrogens is 377 g/mol. The van der Waals surface area contributed by atoms with Gasteiger partial charge < -0.3 is 15.4 Å². The lowest BCUT2D eigenvalue weighted by Gasteiger charge is -2.21. The first-order valence-corrected chi connectivity index (χ1v) is 7.41. The number of ether oxygens (including phenoxy) is 1. The molecule has 1 aromatic carbocycles. The molecule has 1 heterocycles. The SMILES string of the molecule is COCc1cccc(CN=C(N)N2CCCCCC2)c1.I. The molecule has 0 atom stereocenters. The highest BCUT2D eigenvalue weighted by Crippen LogP contribution is 2.11. The van der Waals surface area contributed by atoms with E-state index in [1.54, 1.807) is 7.11 Å². The molecule has 0 bridgehead atoms. The monoisotopic (exact) mass is 403 g/mol. The second-order valence-electron chi connectivity index (χ2n) is 5.33. The Morgan fingerprint density at radius 3 is 2.52 bits per heavy atom. The van der Waals surface area contributed by atoms with Gasteiger partial charge in [0.2, 0.25) is 0 Å². The second kappa shape index (κ2) is 10.00. The summed E-state index contributed by atoms with van der Waals surface area (Å²) in [6.45, 7) is 3.36. The van der Waals surface area contributed by atoms with Crippen molar-refractivity contribution in [3.63, 3.8) is 0 Å². The van der Waals surface area contributed by atoms with Gasteiger partial charge in [0.25, 0.3) is 0 Å². The predicted molar refractivity (Wildman–Crippen MR) is 97.9 cm³/mol. The van der Waals surface area contributed by atoms with Crippen molar-refractivity contribution < 1.29 is 4.74 Å². The van der Waals surface area contributed by atoms with Crippen molar-refractivity contribution in [3.05, 3.63) is 35.4 Å². The Kier molecular flexibility index (Phi) is 8.68. The first-order valence-electron chi connectivity index (χ1n) is 7.41. The van der Waals surface area contributed by atoms with Gasteiger partial charge in [0.05, 0.1) is 13.2 Å². The van der Waals surface area contributed by atoms with E-state index in [2.05, 4.69) is 28.1 Å². The van der Waals surface area contributed by atoms with Crippen LogP contribution in [0.25, 0.3) is 0 Å². The molecule has 1 saturated heterocycles. The van der Waals surface area contributed by atoms with Gasteiger partial charge in [-0.3, -0.25) is 0 Å². The van der Waals surface area contributed by atoms with Crippen LogP contribution in [0.1, 0.15) is 36.8 Å². The standard InChI is InChI=1S/C16H25N3O.HI/c1-20-13-15-8-6-7-14(11-15)12-18-16(17)19-9-4-2-3-5-10-19;/h6-8,11H,2-5,9-10,12-13H2,1H3,(H2,17,18);1H. The first kappa shape index (κ1) is 18.2. The van der Waals surface area contributed by atoms with Crippen LogP contribution >= 0.6 is 24.0 Å². The fourth-order valence-electron chi connectivity index (χ4n) is 2.56. The Morgan fingerprint density at radius 1 is 1.19 bits per heavy atom. The Bertz CT molecular complexity index is 443. The van der Waals surface area contributed by atoms with Gasteiger partial charge in [-0.1, -0.05) is 37.1 Å².